The van der Waals surface area contributed by atoms with Gasteiger partial charge in [0.2, 0.25) is 0 Å². The fourth-order valence-corrected chi connectivity index (χ4v) is 4.49. The Morgan fingerprint density at radius 2 is 1.57 bits per heavy atom. The highest BCUT2D eigenvalue weighted by molar-refractivity contribution is 7.16. The molecule has 4 aromatic rings. The second kappa shape index (κ2) is 8.10. The van der Waals surface area contributed by atoms with Gasteiger partial charge in [0.25, 0.3) is 0 Å². The molecule has 3 aromatic heterocycles. The molecular weight excluding hydrogens is 419 g/mol. The zero-order chi connectivity index (χ0) is 21.1. The van der Waals surface area contributed by atoms with Gasteiger partial charge in [-0.3, -0.25) is 4.57 Å². The van der Waals surface area contributed by atoms with Crippen LogP contribution in [0.5, 0.6) is 0 Å². The summed E-state index contributed by atoms with van der Waals surface area (Å²) in [5.74, 6) is 0.759. The lowest BCUT2D eigenvalue weighted by atomic mass is 10.1. The van der Waals surface area contributed by atoms with Crippen molar-refractivity contribution < 1.29 is 4.39 Å². The van der Waals surface area contributed by atoms with Gasteiger partial charge in [-0.15, -0.1) is 32.9 Å². The van der Waals surface area contributed by atoms with Crippen LogP contribution < -0.4 is 0 Å². The minimum Gasteiger partial charge on any atom is -0.274 e. The van der Waals surface area contributed by atoms with Crippen molar-refractivity contribution >= 4 is 28.2 Å². The van der Waals surface area contributed by atoms with E-state index in [1.165, 1.54) is 34.8 Å². The number of hydrogen-bond donors (Lipinski definition) is 0. The predicted octanol–water partition coefficient (Wildman–Crippen LogP) is 5.19. The second-order valence-corrected chi connectivity index (χ2v) is 7.92. The molecule has 4 rings (SSSR count). The van der Waals surface area contributed by atoms with Crippen molar-refractivity contribution in [3.05, 3.63) is 70.2 Å². The Kier molecular flexibility index (Phi) is 5.19. The van der Waals surface area contributed by atoms with Gasteiger partial charge in [-0.1, -0.05) is 6.07 Å². The van der Waals surface area contributed by atoms with Crippen molar-refractivity contribution in [3.63, 3.8) is 0 Å². The second-order valence-electron chi connectivity index (χ2n) is 5.89. The number of allylic oxidation sites excluding steroid dienone is 2. The van der Waals surface area contributed by atoms with E-state index in [1.54, 1.807) is 36.4 Å². The molecule has 0 aliphatic carbocycles. The van der Waals surface area contributed by atoms with Crippen molar-refractivity contribution in [1.82, 2.24) is 14.8 Å². The van der Waals surface area contributed by atoms with Gasteiger partial charge in [-0.05, 0) is 47.8 Å². The molecule has 0 atom stereocenters. The zero-order valence-corrected chi connectivity index (χ0v) is 16.7. The predicted molar refractivity (Wildman–Crippen MR) is 112 cm³/mol. The highest BCUT2D eigenvalue weighted by Gasteiger charge is 2.20. The SMILES string of the molecule is N#CC(C#N)=C(C#N)c1ccc(-c2nnc(-c3cccs3)n2-c2ccc(F)cc2)s1. The molecule has 0 radical (unpaired) electrons. The monoisotopic (exact) mass is 428 g/mol. The summed E-state index contributed by atoms with van der Waals surface area (Å²) in [4.78, 5) is 2.06. The molecule has 30 heavy (non-hydrogen) atoms. The Hall–Kier alpha value is -4.10. The minimum absolute atomic E-state index is 0.0163. The maximum absolute atomic E-state index is 13.5. The quantitative estimate of drug-likeness (QED) is 0.416. The zero-order valence-electron chi connectivity index (χ0n) is 15.1. The molecule has 3 heterocycles. The molecule has 0 bridgehead atoms. The average Bonchev–Trinajstić information content (AvgIpc) is 3.52. The molecule has 0 unspecified atom stereocenters. The van der Waals surface area contributed by atoms with Gasteiger partial charge >= 0.3 is 0 Å². The van der Waals surface area contributed by atoms with Crippen LogP contribution in [0.4, 0.5) is 4.39 Å². The number of nitrogens with zero attached hydrogens (tertiary/aromatic N) is 6. The number of nitriles is 3. The van der Waals surface area contributed by atoms with E-state index in [1.807, 2.05) is 28.1 Å². The summed E-state index contributed by atoms with van der Waals surface area (Å²) in [7, 11) is 0. The molecule has 142 valence electrons. The maximum Gasteiger partial charge on any atom is 0.178 e. The van der Waals surface area contributed by atoms with Crippen LogP contribution in [0.15, 0.2) is 59.5 Å². The highest BCUT2D eigenvalue weighted by atomic mass is 32.1. The Morgan fingerprint density at radius 1 is 0.867 bits per heavy atom. The smallest absolute Gasteiger partial charge is 0.178 e. The summed E-state index contributed by atoms with van der Waals surface area (Å²) < 4.78 is 15.3. The van der Waals surface area contributed by atoms with E-state index in [0.29, 0.717) is 27.1 Å². The summed E-state index contributed by atoms with van der Waals surface area (Å²) in [6.45, 7) is 0. The summed E-state index contributed by atoms with van der Waals surface area (Å²) in [6, 6.07) is 18.7. The lowest BCUT2D eigenvalue weighted by Crippen LogP contribution is -1.99. The van der Waals surface area contributed by atoms with Crippen LogP contribution in [-0.2, 0) is 0 Å². The van der Waals surface area contributed by atoms with E-state index in [9.17, 15) is 9.65 Å². The maximum atomic E-state index is 13.5. The van der Waals surface area contributed by atoms with Crippen molar-refractivity contribution in [2.75, 3.05) is 0 Å². The first-order chi connectivity index (χ1) is 14.7. The van der Waals surface area contributed by atoms with Crippen molar-refractivity contribution in [1.29, 1.82) is 15.8 Å². The Balaban J connectivity index is 1.90. The van der Waals surface area contributed by atoms with Gasteiger partial charge in [0.15, 0.2) is 11.6 Å². The van der Waals surface area contributed by atoms with Crippen molar-refractivity contribution in [2.24, 2.45) is 0 Å². The van der Waals surface area contributed by atoms with Crippen LogP contribution >= 0.6 is 22.7 Å². The van der Waals surface area contributed by atoms with E-state index in [-0.39, 0.29) is 17.0 Å². The molecule has 0 N–H and O–H groups in total. The van der Waals surface area contributed by atoms with E-state index < -0.39 is 0 Å². The fraction of sp³-hybridized carbons (Fsp3) is 0. The van der Waals surface area contributed by atoms with Crippen LogP contribution in [0.2, 0.25) is 0 Å². The Labute approximate surface area is 178 Å². The Morgan fingerprint density at radius 3 is 2.17 bits per heavy atom. The Bertz CT molecular complexity index is 1360. The lowest BCUT2D eigenvalue weighted by Gasteiger charge is -2.09. The number of thiophene rings is 2. The van der Waals surface area contributed by atoms with Crippen LogP contribution in [-0.4, -0.2) is 14.8 Å². The average molecular weight is 428 g/mol. The summed E-state index contributed by atoms with van der Waals surface area (Å²) in [5.41, 5.74) is 0.452. The van der Waals surface area contributed by atoms with E-state index in [4.69, 9.17) is 10.5 Å². The topological polar surface area (TPSA) is 102 Å². The standard InChI is InChI=1S/C21H9FN6S2/c22-14-3-5-15(6-4-14)28-20(18-2-1-9-29-18)26-27-21(28)19-8-7-17(30-19)16(12-25)13(10-23)11-24/h1-9H. The highest BCUT2D eigenvalue weighted by Crippen LogP contribution is 2.36. The number of aromatic nitrogens is 3. The molecule has 6 nitrogen and oxygen atoms in total. The van der Waals surface area contributed by atoms with E-state index in [0.717, 1.165) is 4.88 Å². The van der Waals surface area contributed by atoms with Crippen LogP contribution in [0.1, 0.15) is 4.88 Å². The number of hydrogen-bond acceptors (Lipinski definition) is 7. The van der Waals surface area contributed by atoms with Crippen molar-refractivity contribution in [3.8, 4) is 45.3 Å². The third kappa shape index (κ3) is 3.38. The first-order valence-electron chi connectivity index (χ1n) is 8.46. The van der Waals surface area contributed by atoms with Gasteiger partial charge in [0, 0.05) is 10.6 Å². The molecule has 0 spiro atoms. The third-order valence-electron chi connectivity index (χ3n) is 4.15. The van der Waals surface area contributed by atoms with Crippen molar-refractivity contribution in [2.45, 2.75) is 0 Å². The summed E-state index contributed by atoms with van der Waals surface area (Å²) in [5, 5.41) is 38.2. The first-order valence-corrected chi connectivity index (χ1v) is 10.2. The molecule has 1 aromatic carbocycles. The third-order valence-corrected chi connectivity index (χ3v) is 6.11. The molecule has 0 saturated heterocycles. The number of halogens is 1. The van der Waals surface area contributed by atoms with Crippen LogP contribution in [0, 0.1) is 39.8 Å². The number of benzene rings is 1. The normalized spacial score (nSPS) is 10.1. The molecular formula is C21H9FN6S2. The van der Waals surface area contributed by atoms with Crippen LogP contribution in [0.3, 0.4) is 0 Å². The molecule has 0 saturated carbocycles. The summed E-state index contributed by atoms with van der Waals surface area (Å²) in [6.07, 6.45) is 0. The molecule has 0 fully saturated rings. The lowest BCUT2D eigenvalue weighted by molar-refractivity contribution is 0.627. The van der Waals surface area contributed by atoms with Gasteiger partial charge < -0.3 is 0 Å². The molecule has 9 heteroatoms. The molecule has 0 aliphatic rings. The largest absolute Gasteiger partial charge is 0.274 e. The first kappa shape index (κ1) is 19.2. The van der Waals surface area contributed by atoms with Crippen LogP contribution in [0.25, 0.3) is 32.7 Å². The van der Waals surface area contributed by atoms with Gasteiger partial charge in [-0.2, -0.15) is 15.8 Å². The molecule has 0 amide bonds. The fourth-order valence-electron chi connectivity index (χ4n) is 2.81. The minimum atomic E-state index is -0.353. The van der Waals surface area contributed by atoms with Gasteiger partial charge in [-0.25, -0.2) is 4.39 Å². The number of rotatable bonds is 4. The van der Waals surface area contributed by atoms with Gasteiger partial charge in [0.05, 0.1) is 15.3 Å². The summed E-state index contributed by atoms with van der Waals surface area (Å²) >= 11 is 2.73. The molecule has 0 aliphatic heterocycles. The van der Waals surface area contributed by atoms with Gasteiger partial charge in [0.1, 0.15) is 29.6 Å². The van der Waals surface area contributed by atoms with E-state index >= 15 is 0 Å². The van der Waals surface area contributed by atoms with E-state index in [2.05, 4.69) is 10.2 Å².